The molecule has 0 unspecified atom stereocenters. The average molecular weight is 601 g/mol. The maximum Gasteiger partial charge on any atom is 0.235 e. The third-order valence-electron chi connectivity index (χ3n) is 5.08. The van der Waals surface area contributed by atoms with E-state index >= 15 is 0 Å². The number of Topliss-reactive ketones (excluding diaryl/α,β-unsaturated/α-hetero) is 1. The number of carbonyl (C=O) groups is 1. The first-order valence-electron chi connectivity index (χ1n) is 15.8. The van der Waals surface area contributed by atoms with Gasteiger partial charge in [0, 0.05) is 44.2 Å². The monoisotopic (exact) mass is 600 g/mol. The second-order valence-corrected chi connectivity index (χ2v) is 7.84. The maximum atomic E-state index is 11.8. The molecule has 2 aromatic heterocycles. The van der Waals surface area contributed by atoms with Crippen LogP contribution in [0.4, 0.5) is 0 Å². The lowest BCUT2D eigenvalue weighted by atomic mass is 10.0. The average Bonchev–Trinajstić information content (AvgIpc) is 3.14. The Balaban J connectivity index is -0.000000550. The van der Waals surface area contributed by atoms with Crippen LogP contribution in [0, 0.1) is 0 Å². The summed E-state index contributed by atoms with van der Waals surface area (Å²) < 4.78 is 0. The number of hydrogen-bond donors (Lipinski definition) is 1. The number of aryl methyl sites for hydroxylation is 2. The van der Waals surface area contributed by atoms with Gasteiger partial charge in [-0.05, 0) is 47.2 Å². The Bertz CT molecular complexity index is 1110. The Labute approximate surface area is 267 Å². The minimum absolute atomic E-state index is 0.322. The number of isocyanates is 1. The van der Waals surface area contributed by atoms with E-state index < -0.39 is 0 Å². The van der Waals surface area contributed by atoms with Crippen LogP contribution in [0.5, 0.6) is 0 Å². The van der Waals surface area contributed by atoms with E-state index in [-0.39, 0.29) is 0 Å². The molecule has 0 amide bonds. The van der Waals surface area contributed by atoms with Gasteiger partial charge in [-0.3, -0.25) is 14.8 Å². The zero-order valence-corrected chi connectivity index (χ0v) is 28.4. The minimum atomic E-state index is 0.322. The number of benzene rings is 2. The van der Waals surface area contributed by atoms with Gasteiger partial charge >= 0.3 is 0 Å². The molecular weight excluding hydrogens is 544 g/mol. The van der Waals surface area contributed by atoms with Gasteiger partial charge in [-0.1, -0.05) is 128 Å². The predicted molar refractivity (Wildman–Crippen MR) is 188 cm³/mol. The molecule has 4 aromatic rings. The number of nitrogens with zero attached hydrogens (tertiary/aromatic N) is 3. The van der Waals surface area contributed by atoms with Crippen molar-refractivity contribution in [3.8, 4) is 0 Å². The Kier molecular flexibility index (Phi) is 36.9. The fourth-order valence-electron chi connectivity index (χ4n) is 3.11. The predicted octanol–water partition coefficient (Wildman–Crippen LogP) is 9.38. The summed E-state index contributed by atoms with van der Waals surface area (Å²) >= 11 is 0. The van der Waals surface area contributed by atoms with Crippen molar-refractivity contribution in [3.63, 3.8) is 0 Å². The van der Waals surface area contributed by atoms with Crippen molar-refractivity contribution in [2.24, 2.45) is 10.7 Å². The molecule has 0 saturated heterocycles. The van der Waals surface area contributed by atoms with Crippen LogP contribution >= 0.6 is 0 Å². The van der Waals surface area contributed by atoms with Gasteiger partial charge in [0.2, 0.25) is 6.08 Å². The lowest BCUT2D eigenvalue weighted by molar-refractivity contribution is -0.119. The van der Waals surface area contributed by atoms with Crippen LogP contribution in [0.15, 0.2) is 115 Å². The van der Waals surface area contributed by atoms with Crippen LogP contribution in [0.1, 0.15) is 90.5 Å². The molecule has 6 nitrogen and oxygen atoms in total. The molecule has 0 fully saturated rings. The van der Waals surface area contributed by atoms with Gasteiger partial charge in [0.25, 0.3) is 0 Å². The van der Waals surface area contributed by atoms with Crippen molar-refractivity contribution >= 4 is 11.9 Å². The largest absolute Gasteiger partial charge is 0.326 e. The van der Waals surface area contributed by atoms with Gasteiger partial charge in [-0.15, -0.1) is 0 Å². The summed E-state index contributed by atoms with van der Waals surface area (Å²) in [7, 11) is 0. The van der Waals surface area contributed by atoms with Gasteiger partial charge in [0.05, 0.1) is 6.54 Å². The third-order valence-corrected chi connectivity index (χ3v) is 5.08. The van der Waals surface area contributed by atoms with E-state index in [9.17, 15) is 9.59 Å². The van der Waals surface area contributed by atoms with E-state index in [0.717, 1.165) is 24.0 Å². The Morgan fingerprint density at radius 2 is 1.02 bits per heavy atom. The molecule has 240 valence electrons. The summed E-state index contributed by atoms with van der Waals surface area (Å²) in [5.74, 6) is 0.322. The third kappa shape index (κ3) is 26.6. The lowest BCUT2D eigenvalue weighted by Crippen LogP contribution is -2.02. The first-order chi connectivity index (χ1) is 21.7. The Morgan fingerprint density at radius 1 is 0.614 bits per heavy atom. The Hall–Kier alpha value is -4.25. The van der Waals surface area contributed by atoms with Gasteiger partial charge in [0.15, 0.2) is 0 Å². The van der Waals surface area contributed by atoms with E-state index in [1.165, 1.54) is 17.2 Å². The zero-order valence-electron chi connectivity index (χ0n) is 28.4. The van der Waals surface area contributed by atoms with E-state index in [4.69, 9.17) is 5.73 Å². The molecule has 0 aliphatic heterocycles. The zero-order chi connectivity index (χ0) is 33.7. The number of aromatic nitrogens is 2. The van der Waals surface area contributed by atoms with E-state index in [1.807, 2.05) is 128 Å². The number of ketones is 1. The van der Waals surface area contributed by atoms with Crippen molar-refractivity contribution in [3.05, 3.63) is 132 Å². The normalized spacial score (nSPS) is 8.30. The van der Waals surface area contributed by atoms with Crippen molar-refractivity contribution in [2.45, 2.75) is 94.2 Å². The van der Waals surface area contributed by atoms with Gasteiger partial charge < -0.3 is 5.73 Å². The first kappa shape index (κ1) is 44.2. The number of rotatable bonds is 9. The molecule has 0 spiro atoms. The lowest BCUT2D eigenvalue weighted by Gasteiger charge is -2.02. The second kappa shape index (κ2) is 36.8. The van der Waals surface area contributed by atoms with Crippen molar-refractivity contribution in [1.82, 2.24) is 9.97 Å². The highest BCUT2D eigenvalue weighted by molar-refractivity contribution is 5.78. The molecule has 4 rings (SSSR count). The molecule has 0 aliphatic rings. The van der Waals surface area contributed by atoms with Crippen molar-refractivity contribution in [2.75, 3.05) is 0 Å². The quantitative estimate of drug-likeness (QED) is 0.152. The van der Waals surface area contributed by atoms with Crippen molar-refractivity contribution < 1.29 is 9.59 Å². The first-order valence-corrected chi connectivity index (χ1v) is 15.8. The molecule has 2 N–H and O–H groups in total. The number of nitrogens with two attached hydrogens (primary N) is 1. The highest BCUT2D eigenvalue weighted by atomic mass is 16.1. The van der Waals surface area contributed by atoms with Gasteiger partial charge in [-0.2, -0.15) is 0 Å². The van der Waals surface area contributed by atoms with Gasteiger partial charge in [0.1, 0.15) is 5.78 Å². The molecule has 44 heavy (non-hydrogen) atoms. The summed E-state index contributed by atoms with van der Waals surface area (Å²) in [6.45, 7) is 17.0. The highest BCUT2D eigenvalue weighted by Gasteiger charge is 2.03. The smallest absolute Gasteiger partial charge is 0.235 e. The SMILES string of the molecule is CC.CC.CC.CC.NCc1ccccc1.O=C(CCc1ccccc1)CCc1cccnc1.O=C=NCc1cccnc1. The van der Waals surface area contributed by atoms with E-state index in [0.29, 0.717) is 31.7 Å². The van der Waals surface area contributed by atoms with Gasteiger partial charge in [-0.25, -0.2) is 9.79 Å². The molecule has 2 aromatic carbocycles. The molecule has 6 heteroatoms. The number of aliphatic imine (C=N–C) groups is 1. The fourth-order valence-corrected chi connectivity index (χ4v) is 3.11. The van der Waals surface area contributed by atoms with Crippen LogP contribution in [0.3, 0.4) is 0 Å². The second-order valence-electron chi connectivity index (χ2n) is 7.84. The summed E-state index contributed by atoms with van der Waals surface area (Å²) in [6.07, 6.45) is 11.3. The number of carbonyl (C=O) groups excluding carboxylic acids is 2. The minimum Gasteiger partial charge on any atom is -0.326 e. The molecule has 2 heterocycles. The molecule has 0 aliphatic carbocycles. The van der Waals surface area contributed by atoms with Crippen LogP contribution in [-0.4, -0.2) is 21.8 Å². The summed E-state index contributed by atoms with van der Waals surface area (Å²) in [5.41, 5.74) is 9.82. The molecular formula is C38H56N4O2. The van der Waals surface area contributed by atoms with Crippen LogP contribution in [-0.2, 0) is 35.5 Å². The van der Waals surface area contributed by atoms with Crippen molar-refractivity contribution in [1.29, 1.82) is 0 Å². The Morgan fingerprint density at radius 3 is 1.41 bits per heavy atom. The number of hydrogen-bond acceptors (Lipinski definition) is 6. The summed E-state index contributed by atoms with van der Waals surface area (Å²) in [5, 5.41) is 0. The molecule has 0 atom stereocenters. The molecule has 0 bridgehead atoms. The molecule has 0 radical (unpaired) electrons. The van der Waals surface area contributed by atoms with Crippen LogP contribution < -0.4 is 5.73 Å². The van der Waals surface area contributed by atoms with E-state index in [2.05, 4.69) is 27.1 Å². The van der Waals surface area contributed by atoms with E-state index in [1.54, 1.807) is 24.7 Å². The standard InChI is InChI=1S/C16H17NO.C7H6N2O.C7H9N.4C2H6/c18-16(10-8-14-5-2-1-3-6-14)11-9-15-7-4-12-17-13-15;10-6-9-5-7-2-1-3-8-4-7;8-6-7-4-2-1-3-5-7;4*1-2/h1-7,12-13H,8-11H2;1-4H,5H2;1-5H,6,8H2;4*1-2H3. The van der Waals surface area contributed by atoms with Crippen LogP contribution in [0.2, 0.25) is 0 Å². The molecule has 0 saturated carbocycles. The highest BCUT2D eigenvalue weighted by Crippen LogP contribution is 2.07. The fraction of sp³-hybridized carbons (Fsp3) is 0.368. The topological polar surface area (TPSA) is 98.3 Å². The summed E-state index contributed by atoms with van der Waals surface area (Å²) in [6, 6.07) is 27.7. The number of pyridine rings is 2. The van der Waals surface area contributed by atoms with Crippen LogP contribution in [0.25, 0.3) is 0 Å². The summed E-state index contributed by atoms with van der Waals surface area (Å²) in [4.78, 5) is 32.7. The maximum absolute atomic E-state index is 11.8.